The van der Waals surface area contributed by atoms with E-state index in [2.05, 4.69) is 0 Å². The van der Waals surface area contributed by atoms with E-state index in [4.69, 9.17) is 28.4 Å². The molecule has 164 valence electrons. The highest BCUT2D eigenvalue weighted by molar-refractivity contribution is 5.76. The quantitative estimate of drug-likeness (QED) is 0.631. The molecule has 30 heavy (non-hydrogen) atoms. The molecule has 0 N–H and O–H groups in total. The van der Waals surface area contributed by atoms with Crippen LogP contribution in [0.3, 0.4) is 0 Å². The predicted molar refractivity (Wildman–Crippen MR) is 103 cm³/mol. The van der Waals surface area contributed by atoms with E-state index in [0.717, 1.165) is 0 Å². The van der Waals surface area contributed by atoms with Gasteiger partial charge < -0.3 is 28.4 Å². The van der Waals surface area contributed by atoms with E-state index in [1.54, 1.807) is 24.3 Å². The Morgan fingerprint density at radius 3 is 2.33 bits per heavy atom. The van der Waals surface area contributed by atoms with Gasteiger partial charge >= 0.3 is 6.18 Å². The molecule has 0 bridgehead atoms. The SMILES string of the molecule is COc1cc(OCC2COCCO2)cc(-c2ccc(OCC(F)(F)F)cc2)c1OC. The molecule has 0 amide bonds. The highest BCUT2D eigenvalue weighted by atomic mass is 19.4. The normalized spacial score (nSPS) is 16.8. The smallest absolute Gasteiger partial charge is 0.422 e. The Labute approximate surface area is 172 Å². The molecule has 0 radical (unpaired) electrons. The lowest BCUT2D eigenvalue weighted by atomic mass is 10.0. The summed E-state index contributed by atoms with van der Waals surface area (Å²) >= 11 is 0. The Bertz CT molecular complexity index is 817. The molecule has 2 aromatic rings. The molecule has 1 unspecified atom stereocenters. The first-order valence-electron chi connectivity index (χ1n) is 9.28. The van der Waals surface area contributed by atoms with Crippen molar-refractivity contribution in [3.63, 3.8) is 0 Å². The van der Waals surface area contributed by atoms with Gasteiger partial charge in [-0.1, -0.05) is 12.1 Å². The Balaban J connectivity index is 1.81. The van der Waals surface area contributed by atoms with Crippen LogP contribution < -0.4 is 18.9 Å². The van der Waals surface area contributed by atoms with Crippen LogP contribution in [0.1, 0.15) is 0 Å². The molecule has 0 aliphatic carbocycles. The summed E-state index contributed by atoms with van der Waals surface area (Å²) in [5.74, 6) is 1.59. The summed E-state index contributed by atoms with van der Waals surface area (Å²) in [6.45, 7) is 0.506. The number of ether oxygens (including phenoxy) is 6. The van der Waals surface area contributed by atoms with E-state index in [1.807, 2.05) is 0 Å². The van der Waals surface area contributed by atoms with Crippen molar-refractivity contribution in [2.75, 3.05) is 47.3 Å². The second-order valence-corrected chi connectivity index (χ2v) is 6.51. The Morgan fingerprint density at radius 2 is 1.73 bits per heavy atom. The van der Waals surface area contributed by atoms with Gasteiger partial charge in [0.1, 0.15) is 24.2 Å². The summed E-state index contributed by atoms with van der Waals surface area (Å²) in [7, 11) is 3.02. The van der Waals surface area contributed by atoms with E-state index >= 15 is 0 Å². The van der Waals surface area contributed by atoms with Crippen LogP contribution in [0.5, 0.6) is 23.0 Å². The van der Waals surface area contributed by atoms with Crippen LogP contribution in [-0.4, -0.2) is 59.5 Å². The molecule has 2 aromatic carbocycles. The molecule has 9 heteroatoms. The molecule has 1 aliphatic heterocycles. The first kappa shape index (κ1) is 22.0. The number of benzene rings is 2. The monoisotopic (exact) mass is 428 g/mol. The van der Waals surface area contributed by atoms with Gasteiger partial charge in [-0.2, -0.15) is 13.2 Å². The topological polar surface area (TPSA) is 55.4 Å². The van der Waals surface area contributed by atoms with Crippen molar-refractivity contribution < 1.29 is 41.6 Å². The fourth-order valence-corrected chi connectivity index (χ4v) is 2.95. The molecular weight excluding hydrogens is 405 g/mol. The lowest BCUT2D eigenvalue weighted by Crippen LogP contribution is -2.33. The van der Waals surface area contributed by atoms with Gasteiger partial charge in [-0.25, -0.2) is 0 Å². The molecule has 1 aliphatic rings. The maximum Gasteiger partial charge on any atom is 0.422 e. The Morgan fingerprint density at radius 1 is 0.967 bits per heavy atom. The third-order valence-corrected chi connectivity index (χ3v) is 4.34. The molecule has 6 nitrogen and oxygen atoms in total. The fourth-order valence-electron chi connectivity index (χ4n) is 2.95. The van der Waals surface area contributed by atoms with Gasteiger partial charge in [0.15, 0.2) is 18.1 Å². The van der Waals surface area contributed by atoms with Crippen LogP contribution in [-0.2, 0) is 9.47 Å². The van der Waals surface area contributed by atoms with Crippen molar-refractivity contribution in [3.05, 3.63) is 36.4 Å². The number of alkyl halides is 3. The minimum absolute atomic E-state index is 0.115. The van der Waals surface area contributed by atoms with Crippen LogP contribution in [0.2, 0.25) is 0 Å². The van der Waals surface area contributed by atoms with Crippen LogP contribution in [0.25, 0.3) is 11.1 Å². The molecule has 0 aromatic heterocycles. The third-order valence-electron chi connectivity index (χ3n) is 4.34. The summed E-state index contributed by atoms with van der Waals surface area (Å²) in [6, 6.07) is 9.70. The van der Waals surface area contributed by atoms with Crippen molar-refractivity contribution in [1.29, 1.82) is 0 Å². The van der Waals surface area contributed by atoms with E-state index < -0.39 is 12.8 Å². The van der Waals surface area contributed by atoms with Gasteiger partial charge in [-0.15, -0.1) is 0 Å². The Kier molecular flexibility index (Phi) is 7.28. The number of halogens is 3. The Hall–Kier alpha value is -2.65. The first-order valence-corrected chi connectivity index (χ1v) is 9.28. The van der Waals surface area contributed by atoms with Gasteiger partial charge in [0.05, 0.1) is 34.0 Å². The number of rotatable bonds is 8. The maximum absolute atomic E-state index is 12.3. The standard InChI is InChI=1S/C21H23F3O6/c1-25-19-10-16(29-12-17-11-27-7-8-28-17)9-18(20(19)26-2)14-3-5-15(6-4-14)30-13-21(22,23)24/h3-6,9-10,17H,7-8,11-13H2,1-2H3. The number of hydrogen-bond donors (Lipinski definition) is 0. The van der Waals surface area contributed by atoms with Crippen LogP contribution in [0.15, 0.2) is 36.4 Å². The van der Waals surface area contributed by atoms with Crippen LogP contribution in [0.4, 0.5) is 13.2 Å². The molecule has 1 fully saturated rings. The predicted octanol–water partition coefficient (Wildman–Crippen LogP) is 4.11. The minimum Gasteiger partial charge on any atom is -0.493 e. The van der Waals surface area contributed by atoms with Crippen molar-refractivity contribution >= 4 is 0 Å². The summed E-state index contributed by atoms with van der Waals surface area (Å²) in [5, 5.41) is 0. The van der Waals surface area contributed by atoms with E-state index in [-0.39, 0.29) is 11.9 Å². The summed E-state index contributed by atoms with van der Waals surface area (Å²) in [6.07, 6.45) is -4.56. The molecular formula is C21H23F3O6. The lowest BCUT2D eigenvalue weighted by Gasteiger charge is -2.23. The first-order chi connectivity index (χ1) is 14.4. The molecule has 0 spiro atoms. The van der Waals surface area contributed by atoms with Gasteiger partial charge in [0.25, 0.3) is 0 Å². The molecule has 1 saturated heterocycles. The zero-order chi connectivity index (χ0) is 21.6. The van der Waals surface area contributed by atoms with Crippen molar-refractivity contribution in [3.8, 4) is 34.1 Å². The largest absolute Gasteiger partial charge is 0.493 e. The van der Waals surface area contributed by atoms with E-state index in [9.17, 15) is 13.2 Å². The van der Waals surface area contributed by atoms with Gasteiger partial charge in [-0.05, 0) is 23.8 Å². The summed E-state index contributed by atoms with van der Waals surface area (Å²) in [5.41, 5.74) is 1.36. The van der Waals surface area contributed by atoms with E-state index in [0.29, 0.717) is 54.8 Å². The number of methoxy groups -OCH3 is 2. The van der Waals surface area contributed by atoms with Gasteiger partial charge in [0, 0.05) is 11.6 Å². The highest BCUT2D eigenvalue weighted by Crippen LogP contribution is 2.42. The molecule has 3 rings (SSSR count). The van der Waals surface area contributed by atoms with Crippen LogP contribution >= 0.6 is 0 Å². The van der Waals surface area contributed by atoms with Gasteiger partial charge in [0.2, 0.25) is 0 Å². The van der Waals surface area contributed by atoms with Gasteiger partial charge in [-0.3, -0.25) is 0 Å². The average molecular weight is 428 g/mol. The fraction of sp³-hybridized carbons (Fsp3) is 0.429. The van der Waals surface area contributed by atoms with Crippen molar-refractivity contribution in [2.45, 2.75) is 12.3 Å². The zero-order valence-electron chi connectivity index (χ0n) is 16.7. The minimum atomic E-state index is -4.39. The zero-order valence-corrected chi connectivity index (χ0v) is 16.7. The maximum atomic E-state index is 12.3. The molecule has 1 atom stereocenters. The number of hydrogen-bond acceptors (Lipinski definition) is 6. The second-order valence-electron chi connectivity index (χ2n) is 6.51. The van der Waals surface area contributed by atoms with Crippen molar-refractivity contribution in [2.24, 2.45) is 0 Å². The lowest BCUT2D eigenvalue weighted by molar-refractivity contribution is -0.153. The summed E-state index contributed by atoms with van der Waals surface area (Å²) in [4.78, 5) is 0. The molecule has 1 heterocycles. The molecule has 0 saturated carbocycles. The van der Waals surface area contributed by atoms with Crippen LogP contribution in [0, 0.1) is 0 Å². The average Bonchev–Trinajstić information content (AvgIpc) is 2.76. The van der Waals surface area contributed by atoms with E-state index in [1.165, 1.54) is 26.4 Å². The highest BCUT2D eigenvalue weighted by Gasteiger charge is 2.28. The second kappa shape index (κ2) is 9.90. The van der Waals surface area contributed by atoms with Crippen molar-refractivity contribution in [1.82, 2.24) is 0 Å². The third kappa shape index (κ3) is 5.93. The summed E-state index contributed by atoms with van der Waals surface area (Å²) < 4.78 is 69.5.